The molecule has 2 rings (SSSR count). The summed E-state index contributed by atoms with van der Waals surface area (Å²) in [5.74, 6) is -1.11. The molecule has 1 aliphatic carbocycles. The number of hydrogen-bond donors (Lipinski definition) is 2. The molecule has 5 nitrogen and oxygen atoms in total. The zero-order valence-corrected chi connectivity index (χ0v) is 9.37. The van der Waals surface area contributed by atoms with Gasteiger partial charge in [-0.15, -0.1) is 0 Å². The molecular weight excluding hydrogens is 208 g/mol. The monoisotopic (exact) mass is 226 g/mol. The van der Waals surface area contributed by atoms with Crippen LogP contribution in [-0.2, 0) is 9.59 Å². The molecule has 1 amide bonds. The second-order valence-corrected chi connectivity index (χ2v) is 4.64. The van der Waals surface area contributed by atoms with E-state index in [0.717, 1.165) is 25.9 Å². The van der Waals surface area contributed by atoms with Crippen molar-refractivity contribution < 1.29 is 14.7 Å². The van der Waals surface area contributed by atoms with Gasteiger partial charge in [-0.05, 0) is 25.8 Å². The Bertz CT molecular complexity index is 292. The highest BCUT2D eigenvalue weighted by Crippen LogP contribution is 2.42. The van der Waals surface area contributed by atoms with Gasteiger partial charge in [-0.1, -0.05) is 6.42 Å². The quantitative estimate of drug-likeness (QED) is 0.653. The van der Waals surface area contributed by atoms with E-state index in [0.29, 0.717) is 25.9 Å². The van der Waals surface area contributed by atoms with Gasteiger partial charge < -0.3 is 15.3 Å². The fourth-order valence-corrected chi connectivity index (χ4v) is 2.40. The van der Waals surface area contributed by atoms with Gasteiger partial charge in [0.15, 0.2) is 0 Å². The Kier molecular flexibility index (Phi) is 3.14. The second kappa shape index (κ2) is 4.41. The minimum atomic E-state index is -1.09. The zero-order valence-electron chi connectivity index (χ0n) is 9.37. The summed E-state index contributed by atoms with van der Waals surface area (Å²) in [6, 6.07) is 0. The van der Waals surface area contributed by atoms with E-state index in [4.69, 9.17) is 0 Å². The van der Waals surface area contributed by atoms with Crippen LogP contribution in [-0.4, -0.2) is 48.1 Å². The molecule has 0 aromatic rings. The fraction of sp³-hybridized carbons (Fsp3) is 0.818. The SMILES string of the molecule is O=C(O)C1(C(=O)N2CCCNCC2)CCC1. The summed E-state index contributed by atoms with van der Waals surface area (Å²) >= 11 is 0. The van der Waals surface area contributed by atoms with Gasteiger partial charge in [-0.3, -0.25) is 9.59 Å². The van der Waals surface area contributed by atoms with Crippen molar-refractivity contribution >= 4 is 11.9 Å². The average molecular weight is 226 g/mol. The van der Waals surface area contributed by atoms with Crippen molar-refractivity contribution in [3.63, 3.8) is 0 Å². The van der Waals surface area contributed by atoms with Crippen LogP contribution in [0.2, 0.25) is 0 Å². The fourth-order valence-electron chi connectivity index (χ4n) is 2.40. The molecule has 0 aromatic carbocycles. The number of carboxylic acids is 1. The maximum Gasteiger partial charge on any atom is 0.319 e. The van der Waals surface area contributed by atoms with Crippen molar-refractivity contribution in [2.24, 2.45) is 5.41 Å². The lowest BCUT2D eigenvalue weighted by atomic mass is 9.67. The second-order valence-electron chi connectivity index (χ2n) is 4.64. The highest BCUT2D eigenvalue weighted by atomic mass is 16.4. The Balaban J connectivity index is 2.07. The molecule has 0 unspecified atom stereocenters. The Morgan fingerprint density at radius 2 is 1.88 bits per heavy atom. The predicted molar refractivity (Wildman–Crippen MR) is 58.0 cm³/mol. The average Bonchev–Trinajstić information content (AvgIpc) is 2.42. The summed E-state index contributed by atoms with van der Waals surface area (Å²) < 4.78 is 0. The van der Waals surface area contributed by atoms with Gasteiger partial charge in [-0.25, -0.2) is 0 Å². The number of amides is 1. The van der Waals surface area contributed by atoms with Gasteiger partial charge in [0.2, 0.25) is 5.91 Å². The molecule has 1 saturated heterocycles. The van der Waals surface area contributed by atoms with Crippen molar-refractivity contribution in [3.8, 4) is 0 Å². The number of carboxylic acid groups (broad SMARTS) is 1. The molecule has 0 bridgehead atoms. The summed E-state index contributed by atoms with van der Waals surface area (Å²) in [4.78, 5) is 25.1. The number of carbonyl (C=O) groups is 2. The molecule has 16 heavy (non-hydrogen) atoms. The Morgan fingerprint density at radius 1 is 1.12 bits per heavy atom. The number of aliphatic carboxylic acids is 1. The Morgan fingerprint density at radius 3 is 2.44 bits per heavy atom. The number of carbonyl (C=O) groups excluding carboxylic acids is 1. The first-order valence-corrected chi connectivity index (χ1v) is 5.90. The molecule has 0 spiro atoms. The summed E-state index contributed by atoms with van der Waals surface area (Å²) in [7, 11) is 0. The molecule has 1 saturated carbocycles. The van der Waals surface area contributed by atoms with E-state index in [1.54, 1.807) is 4.90 Å². The van der Waals surface area contributed by atoms with Crippen LogP contribution in [0, 0.1) is 5.41 Å². The maximum atomic E-state index is 12.2. The lowest BCUT2D eigenvalue weighted by molar-refractivity contribution is -0.167. The van der Waals surface area contributed by atoms with Crippen LogP contribution in [0.4, 0.5) is 0 Å². The smallest absolute Gasteiger partial charge is 0.319 e. The minimum absolute atomic E-state index is 0.171. The van der Waals surface area contributed by atoms with E-state index in [1.165, 1.54) is 0 Å². The van der Waals surface area contributed by atoms with Crippen molar-refractivity contribution in [1.29, 1.82) is 0 Å². The summed E-state index contributed by atoms with van der Waals surface area (Å²) in [6.07, 6.45) is 2.77. The van der Waals surface area contributed by atoms with Crippen molar-refractivity contribution in [3.05, 3.63) is 0 Å². The molecule has 0 radical (unpaired) electrons. The van der Waals surface area contributed by atoms with Crippen LogP contribution in [0.25, 0.3) is 0 Å². The lowest BCUT2D eigenvalue weighted by Crippen LogP contribution is -2.53. The van der Waals surface area contributed by atoms with Crippen LogP contribution < -0.4 is 5.32 Å². The van der Waals surface area contributed by atoms with Crippen molar-refractivity contribution in [2.45, 2.75) is 25.7 Å². The third-order valence-corrected chi connectivity index (χ3v) is 3.65. The molecule has 0 atom stereocenters. The van der Waals surface area contributed by atoms with Crippen LogP contribution in [0.1, 0.15) is 25.7 Å². The van der Waals surface area contributed by atoms with Gasteiger partial charge in [0.25, 0.3) is 0 Å². The van der Waals surface area contributed by atoms with Crippen molar-refractivity contribution in [2.75, 3.05) is 26.2 Å². The molecule has 90 valence electrons. The summed E-state index contributed by atoms with van der Waals surface area (Å²) in [6.45, 7) is 2.99. The molecule has 2 N–H and O–H groups in total. The van der Waals surface area contributed by atoms with E-state index in [2.05, 4.69) is 5.32 Å². The van der Waals surface area contributed by atoms with Crippen LogP contribution in [0.5, 0.6) is 0 Å². The maximum absolute atomic E-state index is 12.2. The first kappa shape index (κ1) is 11.4. The first-order chi connectivity index (χ1) is 7.67. The summed E-state index contributed by atoms with van der Waals surface area (Å²) in [5, 5.41) is 12.4. The van der Waals surface area contributed by atoms with E-state index in [9.17, 15) is 14.7 Å². The molecule has 0 aromatic heterocycles. The number of nitrogens with one attached hydrogen (secondary N) is 1. The minimum Gasteiger partial charge on any atom is -0.480 e. The topological polar surface area (TPSA) is 69.6 Å². The van der Waals surface area contributed by atoms with Gasteiger partial charge in [0.05, 0.1) is 0 Å². The van der Waals surface area contributed by atoms with Crippen molar-refractivity contribution in [1.82, 2.24) is 10.2 Å². The molecule has 1 heterocycles. The van der Waals surface area contributed by atoms with Crippen LogP contribution in [0.3, 0.4) is 0 Å². The molecular formula is C11H18N2O3. The zero-order chi connectivity index (χ0) is 11.6. The number of hydrogen-bond acceptors (Lipinski definition) is 3. The van der Waals surface area contributed by atoms with Crippen LogP contribution in [0.15, 0.2) is 0 Å². The lowest BCUT2D eigenvalue weighted by Gasteiger charge is -2.39. The van der Waals surface area contributed by atoms with Gasteiger partial charge in [0, 0.05) is 19.6 Å². The van der Waals surface area contributed by atoms with E-state index < -0.39 is 11.4 Å². The molecule has 1 aliphatic heterocycles. The number of nitrogens with zero attached hydrogens (tertiary/aromatic N) is 1. The van der Waals surface area contributed by atoms with E-state index in [1.807, 2.05) is 0 Å². The predicted octanol–water partition coefficient (Wildman–Crippen LogP) is 0.0632. The third-order valence-electron chi connectivity index (χ3n) is 3.65. The van der Waals surface area contributed by atoms with Gasteiger partial charge >= 0.3 is 5.97 Å². The van der Waals surface area contributed by atoms with Gasteiger partial charge in [-0.2, -0.15) is 0 Å². The standard InChI is InChI=1S/C11H18N2O3/c14-9(11(10(15)16)3-1-4-11)13-7-2-5-12-6-8-13/h12H,1-8H2,(H,15,16). The molecule has 2 aliphatic rings. The number of rotatable bonds is 2. The molecule has 5 heteroatoms. The Hall–Kier alpha value is -1.10. The van der Waals surface area contributed by atoms with Gasteiger partial charge in [0.1, 0.15) is 5.41 Å². The third kappa shape index (κ3) is 1.80. The van der Waals surface area contributed by atoms with E-state index >= 15 is 0 Å². The highest BCUT2D eigenvalue weighted by molar-refractivity contribution is 6.02. The molecule has 2 fully saturated rings. The van der Waals surface area contributed by atoms with Crippen LogP contribution >= 0.6 is 0 Å². The normalized spacial score (nSPS) is 24.4. The summed E-state index contributed by atoms with van der Waals surface area (Å²) in [5.41, 5.74) is -1.09. The highest BCUT2D eigenvalue weighted by Gasteiger charge is 2.52. The first-order valence-electron chi connectivity index (χ1n) is 5.90. The Labute approximate surface area is 94.8 Å². The largest absolute Gasteiger partial charge is 0.480 e. The van der Waals surface area contributed by atoms with E-state index in [-0.39, 0.29) is 5.91 Å².